The molecule has 1 aromatic carbocycles. The SMILES string of the molecule is CCOC(C(O)Cc1cc(C)cc(C)c1)C1CCCCC1. The molecule has 1 saturated carbocycles. The van der Waals surface area contributed by atoms with Crippen LogP contribution < -0.4 is 0 Å². The van der Waals surface area contributed by atoms with Crippen LogP contribution in [-0.4, -0.2) is 23.9 Å². The van der Waals surface area contributed by atoms with E-state index in [1.165, 1.54) is 48.8 Å². The summed E-state index contributed by atoms with van der Waals surface area (Å²) in [5, 5.41) is 10.7. The van der Waals surface area contributed by atoms with Crippen molar-refractivity contribution in [3.8, 4) is 0 Å². The largest absolute Gasteiger partial charge is 0.390 e. The molecule has 0 bridgehead atoms. The van der Waals surface area contributed by atoms with Crippen LogP contribution in [0.5, 0.6) is 0 Å². The van der Waals surface area contributed by atoms with E-state index in [-0.39, 0.29) is 6.10 Å². The number of hydrogen-bond acceptors (Lipinski definition) is 2. The molecule has 0 saturated heterocycles. The highest BCUT2D eigenvalue weighted by molar-refractivity contribution is 5.29. The fourth-order valence-electron chi connectivity index (χ4n) is 3.76. The molecule has 118 valence electrons. The third-order valence-electron chi connectivity index (χ3n) is 4.58. The minimum atomic E-state index is -0.394. The molecular weight excluding hydrogens is 260 g/mol. The Bertz CT molecular complexity index is 415. The summed E-state index contributed by atoms with van der Waals surface area (Å²) >= 11 is 0. The first kappa shape index (κ1) is 16.5. The number of rotatable bonds is 6. The van der Waals surface area contributed by atoms with Crippen molar-refractivity contribution in [2.75, 3.05) is 6.61 Å². The van der Waals surface area contributed by atoms with Crippen LogP contribution in [0.4, 0.5) is 0 Å². The van der Waals surface area contributed by atoms with Crippen molar-refractivity contribution in [2.24, 2.45) is 5.92 Å². The Morgan fingerprint density at radius 1 is 1.10 bits per heavy atom. The smallest absolute Gasteiger partial charge is 0.0865 e. The number of benzene rings is 1. The van der Waals surface area contributed by atoms with Crippen molar-refractivity contribution in [2.45, 2.75) is 71.5 Å². The van der Waals surface area contributed by atoms with Gasteiger partial charge >= 0.3 is 0 Å². The van der Waals surface area contributed by atoms with Gasteiger partial charge in [0.05, 0.1) is 12.2 Å². The van der Waals surface area contributed by atoms with Gasteiger partial charge in [0.2, 0.25) is 0 Å². The molecule has 2 heteroatoms. The van der Waals surface area contributed by atoms with Crippen LogP contribution in [0, 0.1) is 19.8 Å². The van der Waals surface area contributed by atoms with Crippen molar-refractivity contribution < 1.29 is 9.84 Å². The summed E-state index contributed by atoms with van der Waals surface area (Å²) in [6, 6.07) is 6.54. The highest BCUT2D eigenvalue weighted by atomic mass is 16.5. The summed E-state index contributed by atoms with van der Waals surface area (Å²) in [6.45, 7) is 6.94. The molecule has 1 N–H and O–H groups in total. The lowest BCUT2D eigenvalue weighted by molar-refractivity contribution is -0.0715. The molecule has 1 aliphatic rings. The number of hydrogen-bond donors (Lipinski definition) is 1. The van der Waals surface area contributed by atoms with Crippen LogP contribution in [0.15, 0.2) is 18.2 Å². The second kappa shape index (κ2) is 7.95. The van der Waals surface area contributed by atoms with E-state index >= 15 is 0 Å². The Hall–Kier alpha value is -0.860. The van der Waals surface area contributed by atoms with E-state index in [1.807, 2.05) is 6.92 Å². The van der Waals surface area contributed by atoms with E-state index in [9.17, 15) is 5.11 Å². The molecule has 2 atom stereocenters. The summed E-state index contributed by atoms with van der Waals surface area (Å²) in [4.78, 5) is 0. The van der Waals surface area contributed by atoms with E-state index in [0.717, 1.165) is 0 Å². The minimum absolute atomic E-state index is 0.00359. The van der Waals surface area contributed by atoms with Gasteiger partial charge in [0.15, 0.2) is 0 Å². The summed E-state index contributed by atoms with van der Waals surface area (Å²) in [6.07, 6.45) is 6.61. The zero-order valence-corrected chi connectivity index (χ0v) is 13.8. The summed E-state index contributed by atoms with van der Waals surface area (Å²) < 4.78 is 5.93. The fourth-order valence-corrected chi connectivity index (χ4v) is 3.76. The standard InChI is InChI=1S/C19H30O2/c1-4-21-19(17-8-6-5-7-9-17)18(20)13-16-11-14(2)10-15(3)12-16/h10-12,17-20H,4-9,13H2,1-3H3. The van der Waals surface area contributed by atoms with Crippen molar-refractivity contribution in [1.82, 2.24) is 0 Å². The predicted molar refractivity (Wildman–Crippen MR) is 87.6 cm³/mol. The third kappa shape index (κ3) is 4.82. The first-order valence-electron chi connectivity index (χ1n) is 8.47. The van der Waals surface area contributed by atoms with Crippen LogP contribution in [0.1, 0.15) is 55.7 Å². The quantitative estimate of drug-likeness (QED) is 0.851. The molecule has 0 radical (unpaired) electrons. The zero-order valence-electron chi connectivity index (χ0n) is 13.8. The zero-order chi connectivity index (χ0) is 15.2. The second-order valence-electron chi connectivity index (χ2n) is 6.59. The first-order chi connectivity index (χ1) is 10.1. The van der Waals surface area contributed by atoms with Gasteiger partial charge in [0, 0.05) is 13.0 Å². The maximum Gasteiger partial charge on any atom is 0.0865 e. The Morgan fingerprint density at radius 2 is 1.71 bits per heavy atom. The van der Waals surface area contributed by atoms with Crippen molar-refractivity contribution in [3.05, 3.63) is 34.9 Å². The van der Waals surface area contributed by atoms with E-state index in [1.54, 1.807) is 0 Å². The summed E-state index contributed by atoms with van der Waals surface area (Å²) in [5.74, 6) is 0.527. The van der Waals surface area contributed by atoms with Crippen LogP contribution in [-0.2, 0) is 11.2 Å². The molecule has 2 nitrogen and oxygen atoms in total. The van der Waals surface area contributed by atoms with E-state index in [0.29, 0.717) is 18.9 Å². The maximum absolute atomic E-state index is 10.7. The lowest BCUT2D eigenvalue weighted by atomic mass is 9.82. The highest BCUT2D eigenvalue weighted by Crippen LogP contribution is 2.30. The van der Waals surface area contributed by atoms with Gasteiger partial charge in [0.25, 0.3) is 0 Å². The first-order valence-corrected chi connectivity index (χ1v) is 8.47. The average molecular weight is 290 g/mol. The van der Waals surface area contributed by atoms with Crippen LogP contribution >= 0.6 is 0 Å². The summed E-state index contributed by atoms with van der Waals surface area (Å²) in [5.41, 5.74) is 3.76. The number of ether oxygens (including phenoxy) is 1. The van der Waals surface area contributed by atoms with E-state index < -0.39 is 6.10 Å². The van der Waals surface area contributed by atoms with E-state index in [2.05, 4.69) is 32.0 Å². The van der Waals surface area contributed by atoms with Crippen LogP contribution in [0.3, 0.4) is 0 Å². The highest BCUT2D eigenvalue weighted by Gasteiger charge is 2.30. The fraction of sp³-hybridized carbons (Fsp3) is 0.684. The monoisotopic (exact) mass is 290 g/mol. The van der Waals surface area contributed by atoms with Gasteiger partial charge in [-0.15, -0.1) is 0 Å². The Labute approximate surface area is 129 Å². The Balaban J connectivity index is 2.04. The molecule has 0 aromatic heterocycles. The van der Waals surface area contributed by atoms with Crippen LogP contribution in [0.2, 0.25) is 0 Å². The predicted octanol–water partition coefficient (Wildman–Crippen LogP) is 4.19. The second-order valence-corrected chi connectivity index (χ2v) is 6.59. The minimum Gasteiger partial charge on any atom is -0.390 e. The van der Waals surface area contributed by atoms with Crippen molar-refractivity contribution >= 4 is 0 Å². The summed E-state index contributed by atoms with van der Waals surface area (Å²) in [7, 11) is 0. The molecular formula is C19H30O2. The Kier molecular flexibility index (Phi) is 6.25. The van der Waals surface area contributed by atoms with Crippen LogP contribution in [0.25, 0.3) is 0 Å². The number of aliphatic hydroxyl groups excluding tert-OH is 1. The van der Waals surface area contributed by atoms with E-state index in [4.69, 9.17) is 4.74 Å². The topological polar surface area (TPSA) is 29.5 Å². The molecule has 0 aliphatic heterocycles. The van der Waals surface area contributed by atoms with Gasteiger partial charge in [-0.2, -0.15) is 0 Å². The number of aryl methyl sites for hydroxylation is 2. The normalized spacial score (nSPS) is 19.4. The molecule has 0 amide bonds. The van der Waals surface area contributed by atoms with Gasteiger partial charge in [-0.05, 0) is 45.1 Å². The van der Waals surface area contributed by atoms with Gasteiger partial charge < -0.3 is 9.84 Å². The van der Waals surface area contributed by atoms with Gasteiger partial charge in [-0.3, -0.25) is 0 Å². The van der Waals surface area contributed by atoms with Gasteiger partial charge in [-0.25, -0.2) is 0 Å². The lowest BCUT2D eigenvalue weighted by Crippen LogP contribution is -2.38. The molecule has 1 aliphatic carbocycles. The molecule has 2 unspecified atom stereocenters. The molecule has 1 fully saturated rings. The molecule has 21 heavy (non-hydrogen) atoms. The molecule has 1 aromatic rings. The lowest BCUT2D eigenvalue weighted by Gasteiger charge is -2.33. The third-order valence-corrected chi connectivity index (χ3v) is 4.58. The average Bonchev–Trinajstić information content (AvgIpc) is 2.44. The Morgan fingerprint density at radius 3 is 2.29 bits per heavy atom. The van der Waals surface area contributed by atoms with Gasteiger partial charge in [0.1, 0.15) is 0 Å². The number of aliphatic hydroxyl groups is 1. The van der Waals surface area contributed by atoms with Gasteiger partial charge in [-0.1, -0.05) is 48.6 Å². The molecule has 2 rings (SSSR count). The molecule has 0 spiro atoms. The van der Waals surface area contributed by atoms with Crippen molar-refractivity contribution in [1.29, 1.82) is 0 Å². The molecule has 0 heterocycles. The maximum atomic E-state index is 10.7. The van der Waals surface area contributed by atoms with Crippen molar-refractivity contribution in [3.63, 3.8) is 0 Å².